The molecule has 2 heterocycles. The zero-order valence-electron chi connectivity index (χ0n) is 12.0. The molecule has 1 atom stereocenters. The molecule has 8 heteroatoms. The molecule has 1 aromatic heterocycles. The van der Waals surface area contributed by atoms with Crippen LogP contribution < -0.4 is 9.64 Å². The number of hydrogen-bond acceptors (Lipinski definition) is 3. The first-order chi connectivity index (χ1) is 10.4. The highest BCUT2D eigenvalue weighted by Crippen LogP contribution is 2.33. The standard InChI is InChI=1S/C14H18ClF3N2O2/c15-12-6-10(14(16,17)18)7-19-13(12)22-9-11(21)8-20-4-2-1-3-5-20/h6-7,11,21H,1-5,8-9H2/p+1. The third kappa shape index (κ3) is 5.00. The van der Waals surface area contributed by atoms with E-state index in [1.54, 1.807) is 0 Å². The summed E-state index contributed by atoms with van der Waals surface area (Å²) in [5.41, 5.74) is -0.928. The lowest BCUT2D eigenvalue weighted by molar-refractivity contribution is -0.908. The van der Waals surface area contributed by atoms with Gasteiger partial charge in [0.2, 0.25) is 5.88 Å². The maximum atomic E-state index is 12.5. The largest absolute Gasteiger partial charge is 0.474 e. The molecule has 1 aliphatic heterocycles. The molecule has 0 saturated carbocycles. The van der Waals surface area contributed by atoms with Crippen LogP contribution in [0.15, 0.2) is 12.3 Å². The van der Waals surface area contributed by atoms with E-state index >= 15 is 0 Å². The van der Waals surface area contributed by atoms with E-state index in [0.717, 1.165) is 32.0 Å². The molecular formula is C14H19ClF3N2O2+. The quantitative estimate of drug-likeness (QED) is 0.856. The first-order valence-corrected chi connectivity index (χ1v) is 7.61. The number of nitrogens with one attached hydrogen (secondary N) is 1. The SMILES string of the molecule is OC(COc1ncc(C(F)(F)F)cc1Cl)C[NH+]1CCCCC1. The number of likely N-dealkylation sites (tertiary alicyclic amines) is 1. The molecular weight excluding hydrogens is 321 g/mol. The van der Waals surface area contributed by atoms with Crippen molar-refractivity contribution in [3.05, 3.63) is 22.8 Å². The van der Waals surface area contributed by atoms with Crippen molar-refractivity contribution in [2.24, 2.45) is 0 Å². The van der Waals surface area contributed by atoms with Crippen LogP contribution in [-0.2, 0) is 6.18 Å². The van der Waals surface area contributed by atoms with Crippen molar-refractivity contribution in [1.29, 1.82) is 0 Å². The van der Waals surface area contributed by atoms with E-state index in [-0.39, 0.29) is 17.5 Å². The second-order valence-electron chi connectivity index (χ2n) is 5.49. The molecule has 0 aromatic carbocycles. The number of halogens is 4. The Labute approximate surface area is 131 Å². The van der Waals surface area contributed by atoms with E-state index in [1.165, 1.54) is 11.3 Å². The summed E-state index contributed by atoms with van der Waals surface area (Å²) in [6.07, 6.45) is -1.00. The Hall–Kier alpha value is -1.05. The zero-order valence-corrected chi connectivity index (χ0v) is 12.8. The van der Waals surface area contributed by atoms with E-state index in [4.69, 9.17) is 16.3 Å². The van der Waals surface area contributed by atoms with Gasteiger partial charge in [-0.05, 0) is 25.3 Å². The van der Waals surface area contributed by atoms with E-state index < -0.39 is 17.8 Å². The average molecular weight is 340 g/mol. The van der Waals surface area contributed by atoms with E-state index in [2.05, 4.69) is 4.98 Å². The van der Waals surface area contributed by atoms with Crippen LogP contribution in [0, 0.1) is 0 Å². The third-order valence-electron chi connectivity index (χ3n) is 3.63. The van der Waals surface area contributed by atoms with Crippen LogP contribution in [0.1, 0.15) is 24.8 Å². The normalized spacial score (nSPS) is 18.2. The monoisotopic (exact) mass is 339 g/mol. The second-order valence-corrected chi connectivity index (χ2v) is 5.90. The van der Waals surface area contributed by atoms with Crippen LogP contribution in [0.4, 0.5) is 13.2 Å². The van der Waals surface area contributed by atoms with Crippen LogP contribution in [-0.4, -0.2) is 42.4 Å². The van der Waals surface area contributed by atoms with Gasteiger partial charge in [-0.15, -0.1) is 0 Å². The lowest BCUT2D eigenvalue weighted by Crippen LogP contribution is -3.14. The third-order valence-corrected chi connectivity index (χ3v) is 3.90. The van der Waals surface area contributed by atoms with Gasteiger partial charge >= 0.3 is 6.18 Å². The summed E-state index contributed by atoms with van der Waals surface area (Å²) in [5, 5.41) is 9.73. The molecule has 0 amide bonds. The Kier molecular flexibility index (Phi) is 5.88. The molecule has 0 aliphatic carbocycles. The number of nitrogens with zero attached hydrogens (tertiary/aromatic N) is 1. The minimum atomic E-state index is -4.49. The summed E-state index contributed by atoms with van der Waals surface area (Å²) < 4.78 is 42.7. The number of aliphatic hydroxyl groups is 1. The van der Waals surface area contributed by atoms with E-state index in [0.29, 0.717) is 12.7 Å². The number of rotatable bonds is 5. The van der Waals surface area contributed by atoms with Gasteiger partial charge in [0.25, 0.3) is 0 Å². The van der Waals surface area contributed by atoms with Crippen molar-refractivity contribution in [2.75, 3.05) is 26.2 Å². The highest BCUT2D eigenvalue weighted by Gasteiger charge is 2.31. The summed E-state index contributed by atoms with van der Waals surface area (Å²) in [7, 11) is 0. The predicted octanol–water partition coefficient (Wildman–Crippen LogP) is 1.56. The number of pyridine rings is 1. The fourth-order valence-electron chi connectivity index (χ4n) is 2.51. The number of ether oxygens (including phenoxy) is 1. The summed E-state index contributed by atoms with van der Waals surface area (Å²) in [6, 6.07) is 0.770. The van der Waals surface area contributed by atoms with Gasteiger partial charge < -0.3 is 14.7 Å². The minimum Gasteiger partial charge on any atom is -0.474 e. The maximum Gasteiger partial charge on any atom is 0.417 e. The van der Waals surface area contributed by atoms with Gasteiger partial charge in [0.15, 0.2) is 0 Å². The lowest BCUT2D eigenvalue weighted by Gasteiger charge is -2.25. The van der Waals surface area contributed by atoms with Crippen molar-refractivity contribution in [3.8, 4) is 5.88 Å². The molecule has 2 N–H and O–H groups in total. The second kappa shape index (κ2) is 7.48. The maximum absolute atomic E-state index is 12.5. The van der Waals surface area contributed by atoms with E-state index in [9.17, 15) is 18.3 Å². The molecule has 124 valence electrons. The van der Waals surface area contributed by atoms with Crippen molar-refractivity contribution >= 4 is 11.6 Å². The van der Waals surface area contributed by atoms with Crippen molar-refractivity contribution in [1.82, 2.24) is 4.98 Å². The summed E-state index contributed by atoms with van der Waals surface area (Å²) in [4.78, 5) is 4.89. The fourth-order valence-corrected chi connectivity index (χ4v) is 2.73. The van der Waals surface area contributed by atoms with Crippen LogP contribution >= 0.6 is 11.6 Å². The Bertz CT molecular complexity index is 493. The molecule has 1 unspecified atom stereocenters. The van der Waals surface area contributed by atoms with Gasteiger partial charge in [-0.25, -0.2) is 4.98 Å². The highest BCUT2D eigenvalue weighted by molar-refractivity contribution is 6.31. The molecule has 0 bridgehead atoms. The predicted molar refractivity (Wildman–Crippen MR) is 75.2 cm³/mol. The minimum absolute atomic E-state index is 0.0401. The molecule has 0 spiro atoms. The van der Waals surface area contributed by atoms with Gasteiger partial charge in [-0.3, -0.25) is 0 Å². The molecule has 2 rings (SSSR count). The molecule has 4 nitrogen and oxygen atoms in total. The molecule has 1 aromatic rings. The van der Waals surface area contributed by atoms with Crippen LogP contribution in [0.3, 0.4) is 0 Å². The summed E-state index contributed by atoms with van der Waals surface area (Å²) >= 11 is 5.74. The molecule has 22 heavy (non-hydrogen) atoms. The number of hydrogen-bond donors (Lipinski definition) is 2. The van der Waals surface area contributed by atoms with Crippen LogP contribution in [0.2, 0.25) is 5.02 Å². The molecule has 1 saturated heterocycles. The van der Waals surface area contributed by atoms with Gasteiger partial charge in [-0.2, -0.15) is 13.2 Å². The first kappa shape index (κ1) is 17.3. The Balaban J connectivity index is 1.85. The molecule has 0 radical (unpaired) electrons. The summed E-state index contributed by atoms with van der Waals surface area (Å²) in [5.74, 6) is -0.0950. The van der Waals surface area contributed by atoms with Crippen LogP contribution in [0.25, 0.3) is 0 Å². The fraction of sp³-hybridized carbons (Fsp3) is 0.643. The molecule has 1 fully saturated rings. The van der Waals surface area contributed by atoms with Gasteiger partial charge in [-0.1, -0.05) is 11.6 Å². The van der Waals surface area contributed by atoms with Gasteiger partial charge in [0.05, 0.1) is 18.7 Å². The number of quaternary nitrogens is 1. The topological polar surface area (TPSA) is 46.8 Å². The van der Waals surface area contributed by atoms with Crippen molar-refractivity contribution < 1.29 is 27.9 Å². The first-order valence-electron chi connectivity index (χ1n) is 7.23. The highest BCUT2D eigenvalue weighted by atomic mass is 35.5. The van der Waals surface area contributed by atoms with Crippen molar-refractivity contribution in [3.63, 3.8) is 0 Å². The summed E-state index contributed by atoms with van der Waals surface area (Å²) in [6.45, 7) is 2.56. The number of aliphatic hydroxyl groups excluding tert-OH is 1. The molecule has 1 aliphatic rings. The lowest BCUT2D eigenvalue weighted by atomic mass is 10.1. The smallest absolute Gasteiger partial charge is 0.417 e. The Morgan fingerprint density at radius 3 is 2.59 bits per heavy atom. The van der Waals surface area contributed by atoms with Gasteiger partial charge in [0.1, 0.15) is 24.3 Å². The number of aromatic nitrogens is 1. The van der Waals surface area contributed by atoms with Crippen molar-refractivity contribution in [2.45, 2.75) is 31.5 Å². The van der Waals surface area contributed by atoms with Gasteiger partial charge in [0, 0.05) is 6.20 Å². The number of alkyl halides is 3. The Morgan fingerprint density at radius 2 is 2.00 bits per heavy atom. The number of piperidine rings is 1. The Morgan fingerprint density at radius 1 is 1.32 bits per heavy atom. The zero-order chi connectivity index (χ0) is 16.2. The van der Waals surface area contributed by atoms with E-state index in [1.807, 2.05) is 0 Å². The van der Waals surface area contributed by atoms with Crippen LogP contribution in [0.5, 0.6) is 5.88 Å². The average Bonchev–Trinajstić information content (AvgIpc) is 2.46.